The zero-order chi connectivity index (χ0) is 25.9. The van der Waals surface area contributed by atoms with Crippen LogP contribution in [0.2, 0.25) is 0 Å². The molecule has 0 bridgehead atoms. The predicted molar refractivity (Wildman–Crippen MR) is 136 cm³/mol. The number of benzene rings is 2. The summed E-state index contributed by atoms with van der Waals surface area (Å²) in [6, 6.07) is 15.1. The van der Waals surface area contributed by atoms with Crippen LogP contribution in [-0.2, 0) is 15.3 Å². The summed E-state index contributed by atoms with van der Waals surface area (Å²) in [4.78, 5) is 21.5. The van der Waals surface area contributed by atoms with Gasteiger partial charge in [0.05, 0.1) is 10.6 Å². The van der Waals surface area contributed by atoms with Gasteiger partial charge in [0, 0.05) is 46.7 Å². The molecule has 186 valence electrons. The van der Waals surface area contributed by atoms with Crippen molar-refractivity contribution in [2.45, 2.75) is 30.1 Å². The Morgan fingerprint density at radius 1 is 0.946 bits per heavy atom. The number of nitrogens with one attached hydrogen (secondary N) is 1. The lowest BCUT2D eigenvalue weighted by Gasteiger charge is -2.37. The molecule has 6 rings (SSSR count). The number of aromatic nitrogens is 5. The number of aromatic amines is 1. The molecule has 3 aromatic heterocycles. The number of halogens is 1. The fraction of sp³-hybridized carbons (Fsp3) is 0.185. The van der Waals surface area contributed by atoms with Gasteiger partial charge in [0.15, 0.2) is 32.7 Å². The number of para-hydroxylation sites is 1. The van der Waals surface area contributed by atoms with Crippen LogP contribution in [0.1, 0.15) is 36.7 Å². The van der Waals surface area contributed by atoms with E-state index in [4.69, 9.17) is 9.72 Å². The Bertz CT molecular complexity index is 1750. The quantitative estimate of drug-likeness (QED) is 0.351. The minimum Gasteiger partial charge on any atom is -0.435 e. The Labute approximate surface area is 212 Å². The zero-order valence-corrected chi connectivity index (χ0v) is 21.0. The van der Waals surface area contributed by atoms with Gasteiger partial charge in [0.25, 0.3) is 0 Å². The monoisotopic (exact) mass is 515 g/mol. The maximum absolute atomic E-state index is 15.0. The van der Waals surface area contributed by atoms with Gasteiger partial charge in [0.2, 0.25) is 5.88 Å². The predicted octanol–water partition coefficient (Wildman–Crippen LogP) is 5.17. The highest BCUT2D eigenvalue weighted by Crippen LogP contribution is 2.52. The second-order valence-corrected chi connectivity index (χ2v) is 11.6. The van der Waals surface area contributed by atoms with E-state index < -0.39 is 21.1 Å². The normalized spacial score (nSPS) is 15.2. The standard InChI is InChI=1S/C27H22FN5O3S/c1-27(2,26-32-23-24(33-26)30-14-13-29-23)21-17-5-4-6-19(28)22(17)36-25-18(21)11-12-20(31-25)15-7-9-16(10-8-15)37(3,34)35/h4-14,21H,1-3H3,(H,29,30,32,33)/t21-/m0/s1. The van der Waals surface area contributed by atoms with Gasteiger partial charge in [-0.2, -0.15) is 0 Å². The van der Waals surface area contributed by atoms with Crippen molar-refractivity contribution in [1.29, 1.82) is 0 Å². The van der Waals surface area contributed by atoms with Crippen LogP contribution in [0.4, 0.5) is 4.39 Å². The molecule has 5 aromatic rings. The van der Waals surface area contributed by atoms with E-state index in [2.05, 4.69) is 19.9 Å². The van der Waals surface area contributed by atoms with E-state index in [1.807, 2.05) is 32.0 Å². The molecule has 1 N–H and O–H groups in total. The molecule has 0 saturated heterocycles. The minimum atomic E-state index is -3.32. The van der Waals surface area contributed by atoms with Crippen LogP contribution in [0.5, 0.6) is 11.6 Å². The van der Waals surface area contributed by atoms with Gasteiger partial charge in [-0.05, 0) is 24.3 Å². The number of H-pyrrole nitrogens is 1. The number of hydrogen-bond donors (Lipinski definition) is 1. The topological polar surface area (TPSA) is 111 Å². The SMILES string of the molecule is CC(C)(c1nc2nccnc2[nH]1)[C@@H]1c2ccc(-c3ccc(S(C)(=O)=O)cc3)nc2Oc2c(F)cccc21. The maximum atomic E-state index is 15.0. The Morgan fingerprint density at radius 3 is 2.43 bits per heavy atom. The fourth-order valence-electron chi connectivity index (χ4n) is 4.88. The lowest BCUT2D eigenvalue weighted by atomic mass is 9.69. The first kappa shape index (κ1) is 23.2. The highest BCUT2D eigenvalue weighted by Gasteiger charge is 2.43. The van der Waals surface area contributed by atoms with Crippen LogP contribution < -0.4 is 4.74 Å². The zero-order valence-electron chi connectivity index (χ0n) is 20.2. The van der Waals surface area contributed by atoms with Crippen molar-refractivity contribution in [2.24, 2.45) is 0 Å². The summed E-state index contributed by atoms with van der Waals surface area (Å²) in [5.41, 5.74) is 3.18. The average molecular weight is 516 g/mol. The Hall–Kier alpha value is -4.18. The summed E-state index contributed by atoms with van der Waals surface area (Å²) >= 11 is 0. The van der Waals surface area contributed by atoms with Crippen molar-refractivity contribution in [1.82, 2.24) is 24.9 Å². The van der Waals surface area contributed by atoms with E-state index in [0.717, 1.165) is 11.8 Å². The van der Waals surface area contributed by atoms with E-state index >= 15 is 4.39 Å². The summed E-state index contributed by atoms with van der Waals surface area (Å²) in [6.07, 6.45) is 4.34. The molecular formula is C27H22FN5O3S. The lowest BCUT2D eigenvalue weighted by molar-refractivity contribution is 0.353. The van der Waals surface area contributed by atoms with Crippen molar-refractivity contribution in [2.75, 3.05) is 6.26 Å². The third-order valence-electron chi connectivity index (χ3n) is 6.75. The van der Waals surface area contributed by atoms with Gasteiger partial charge in [-0.15, -0.1) is 0 Å². The van der Waals surface area contributed by atoms with Crippen molar-refractivity contribution >= 4 is 21.1 Å². The van der Waals surface area contributed by atoms with Crippen molar-refractivity contribution < 1.29 is 17.5 Å². The van der Waals surface area contributed by atoms with Gasteiger partial charge < -0.3 is 9.72 Å². The van der Waals surface area contributed by atoms with E-state index in [1.54, 1.807) is 30.6 Å². The molecule has 4 heterocycles. The first-order valence-electron chi connectivity index (χ1n) is 11.6. The molecule has 10 heteroatoms. The molecule has 8 nitrogen and oxygen atoms in total. The number of nitrogens with zero attached hydrogens (tertiary/aromatic N) is 4. The van der Waals surface area contributed by atoms with E-state index in [-0.39, 0.29) is 22.4 Å². The molecule has 0 saturated carbocycles. The lowest BCUT2D eigenvalue weighted by Crippen LogP contribution is -2.32. The first-order chi connectivity index (χ1) is 17.6. The first-order valence-corrected chi connectivity index (χ1v) is 13.5. The van der Waals surface area contributed by atoms with Gasteiger partial charge >= 0.3 is 0 Å². The summed E-state index contributed by atoms with van der Waals surface area (Å²) in [6.45, 7) is 4.05. The molecule has 0 aliphatic carbocycles. The highest BCUT2D eigenvalue weighted by molar-refractivity contribution is 7.90. The van der Waals surface area contributed by atoms with Crippen molar-refractivity contribution in [3.63, 3.8) is 0 Å². The number of sulfone groups is 1. The molecule has 1 aliphatic rings. The van der Waals surface area contributed by atoms with E-state index in [1.165, 1.54) is 18.2 Å². The van der Waals surface area contributed by atoms with E-state index in [0.29, 0.717) is 33.9 Å². The molecule has 0 amide bonds. The largest absolute Gasteiger partial charge is 0.435 e. The smallest absolute Gasteiger partial charge is 0.223 e. The summed E-state index contributed by atoms with van der Waals surface area (Å²) in [5.74, 6) is 0.228. The number of ether oxygens (including phenoxy) is 1. The number of rotatable bonds is 4. The highest BCUT2D eigenvalue weighted by atomic mass is 32.2. The molecule has 0 radical (unpaired) electrons. The Morgan fingerprint density at radius 2 is 1.70 bits per heavy atom. The van der Waals surface area contributed by atoms with Gasteiger partial charge in [-0.25, -0.2) is 32.7 Å². The molecule has 37 heavy (non-hydrogen) atoms. The molecule has 0 unspecified atom stereocenters. The summed E-state index contributed by atoms with van der Waals surface area (Å²) < 4.78 is 44.7. The van der Waals surface area contributed by atoms with Crippen LogP contribution in [0.3, 0.4) is 0 Å². The Balaban J connectivity index is 1.49. The van der Waals surface area contributed by atoms with Crippen molar-refractivity contribution in [3.8, 4) is 22.9 Å². The van der Waals surface area contributed by atoms with Gasteiger partial charge in [0.1, 0.15) is 5.82 Å². The molecule has 0 spiro atoms. The average Bonchev–Trinajstić information content (AvgIpc) is 3.32. The van der Waals surface area contributed by atoms with Crippen LogP contribution in [0.25, 0.3) is 22.6 Å². The maximum Gasteiger partial charge on any atom is 0.223 e. The van der Waals surface area contributed by atoms with Crippen molar-refractivity contribution in [3.05, 3.63) is 89.8 Å². The van der Waals surface area contributed by atoms with Gasteiger partial charge in [-0.1, -0.05) is 44.2 Å². The number of hydrogen-bond acceptors (Lipinski definition) is 7. The van der Waals surface area contributed by atoms with Crippen LogP contribution >= 0.6 is 0 Å². The van der Waals surface area contributed by atoms with Gasteiger partial charge in [-0.3, -0.25) is 0 Å². The van der Waals surface area contributed by atoms with Crippen LogP contribution in [-0.4, -0.2) is 39.6 Å². The molecule has 2 aromatic carbocycles. The summed E-state index contributed by atoms with van der Waals surface area (Å²) in [7, 11) is -3.32. The second kappa shape index (κ2) is 8.17. The third kappa shape index (κ3) is 3.84. The number of pyridine rings is 1. The second-order valence-electron chi connectivity index (χ2n) is 9.62. The Kier molecular flexibility index (Phi) is 5.13. The van der Waals surface area contributed by atoms with Crippen LogP contribution in [0, 0.1) is 5.82 Å². The number of imidazole rings is 1. The summed E-state index contributed by atoms with van der Waals surface area (Å²) in [5, 5.41) is 0. The van der Waals surface area contributed by atoms with E-state index in [9.17, 15) is 8.42 Å². The third-order valence-corrected chi connectivity index (χ3v) is 7.88. The molecule has 1 atom stereocenters. The fourth-order valence-corrected chi connectivity index (χ4v) is 5.51. The van der Waals surface area contributed by atoms with Crippen LogP contribution in [0.15, 0.2) is 71.9 Å². The molecule has 1 aliphatic heterocycles. The minimum absolute atomic E-state index is 0.123. The molecular weight excluding hydrogens is 493 g/mol. The molecule has 0 fully saturated rings. The number of fused-ring (bicyclic) bond motifs is 3.